The van der Waals surface area contributed by atoms with Crippen LogP contribution in [0.2, 0.25) is 0 Å². The average molecular weight is 229 g/mol. The van der Waals surface area contributed by atoms with Crippen molar-refractivity contribution >= 4 is 11.8 Å². The van der Waals surface area contributed by atoms with Crippen LogP contribution >= 0.6 is 0 Å². The summed E-state index contributed by atoms with van der Waals surface area (Å²) in [6.45, 7) is 2.80. The Morgan fingerprint density at radius 2 is 2.19 bits per heavy atom. The summed E-state index contributed by atoms with van der Waals surface area (Å²) in [6, 6.07) is -0.856. The molecule has 0 radical (unpaired) electrons. The van der Waals surface area contributed by atoms with E-state index in [4.69, 9.17) is 11.5 Å². The first-order valence-electron chi connectivity index (χ1n) is 5.42. The SMILES string of the molecule is CC(O)C1CCN(C(=O)C(N)CC(N)=O)C1. The molecule has 2 amide bonds. The first kappa shape index (κ1) is 12.9. The van der Waals surface area contributed by atoms with Gasteiger partial charge in [0.25, 0.3) is 0 Å². The van der Waals surface area contributed by atoms with Crippen molar-refractivity contribution in [3.8, 4) is 0 Å². The third kappa shape index (κ3) is 3.18. The molecule has 92 valence electrons. The van der Waals surface area contributed by atoms with Crippen LogP contribution in [0, 0.1) is 5.92 Å². The Kier molecular flexibility index (Phi) is 4.26. The second-order valence-electron chi connectivity index (χ2n) is 4.35. The van der Waals surface area contributed by atoms with Gasteiger partial charge in [0, 0.05) is 19.0 Å². The molecular weight excluding hydrogens is 210 g/mol. The minimum absolute atomic E-state index is 0.102. The summed E-state index contributed by atoms with van der Waals surface area (Å²) in [7, 11) is 0. The number of rotatable bonds is 4. The van der Waals surface area contributed by atoms with E-state index in [1.807, 2.05) is 0 Å². The molecule has 6 nitrogen and oxygen atoms in total. The van der Waals surface area contributed by atoms with Crippen LogP contribution in [0.5, 0.6) is 0 Å². The van der Waals surface area contributed by atoms with Crippen LogP contribution in [0.25, 0.3) is 0 Å². The Balaban J connectivity index is 2.47. The summed E-state index contributed by atoms with van der Waals surface area (Å²) >= 11 is 0. The van der Waals surface area contributed by atoms with Crippen molar-refractivity contribution in [2.24, 2.45) is 17.4 Å². The van der Waals surface area contributed by atoms with Gasteiger partial charge in [0.1, 0.15) is 0 Å². The average Bonchev–Trinajstić information content (AvgIpc) is 2.64. The van der Waals surface area contributed by atoms with Crippen molar-refractivity contribution in [3.05, 3.63) is 0 Å². The van der Waals surface area contributed by atoms with Crippen LogP contribution in [0.1, 0.15) is 19.8 Å². The Hall–Kier alpha value is -1.14. The highest BCUT2D eigenvalue weighted by Gasteiger charge is 2.31. The van der Waals surface area contributed by atoms with Crippen LogP contribution in [0.15, 0.2) is 0 Å². The standard InChI is InChI=1S/C10H19N3O3/c1-6(14)7-2-3-13(5-7)10(16)8(11)4-9(12)15/h6-8,14H,2-5,11H2,1H3,(H2,12,15). The molecule has 0 spiro atoms. The van der Waals surface area contributed by atoms with Gasteiger partial charge in [-0.1, -0.05) is 0 Å². The number of hydrogen-bond donors (Lipinski definition) is 3. The Morgan fingerprint density at radius 3 is 2.62 bits per heavy atom. The fourth-order valence-corrected chi connectivity index (χ4v) is 1.92. The van der Waals surface area contributed by atoms with E-state index in [0.717, 1.165) is 6.42 Å². The lowest BCUT2D eigenvalue weighted by Crippen LogP contribution is -2.44. The van der Waals surface area contributed by atoms with E-state index in [0.29, 0.717) is 13.1 Å². The van der Waals surface area contributed by atoms with Gasteiger partial charge in [-0.15, -0.1) is 0 Å². The molecule has 5 N–H and O–H groups in total. The number of primary amides is 1. The van der Waals surface area contributed by atoms with Crippen LogP contribution < -0.4 is 11.5 Å². The van der Waals surface area contributed by atoms with Crippen molar-refractivity contribution in [2.45, 2.75) is 31.9 Å². The summed E-state index contributed by atoms with van der Waals surface area (Å²) in [5, 5.41) is 9.39. The predicted octanol–water partition coefficient (Wildman–Crippen LogP) is -1.58. The fraction of sp³-hybridized carbons (Fsp3) is 0.800. The molecule has 0 aromatic carbocycles. The molecule has 1 fully saturated rings. The molecule has 1 saturated heterocycles. The molecule has 3 atom stereocenters. The molecule has 6 heteroatoms. The summed E-state index contributed by atoms with van der Waals surface area (Å²) in [4.78, 5) is 24.0. The van der Waals surface area contributed by atoms with Gasteiger partial charge in [0.15, 0.2) is 0 Å². The lowest BCUT2D eigenvalue weighted by Gasteiger charge is -2.20. The van der Waals surface area contributed by atoms with E-state index in [2.05, 4.69) is 0 Å². The van der Waals surface area contributed by atoms with Crippen LogP contribution in [0.3, 0.4) is 0 Å². The number of amides is 2. The molecule has 16 heavy (non-hydrogen) atoms. The molecule has 1 aliphatic heterocycles. The van der Waals surface area contributed by atoms with Gasteiger partial charge in [-0.3, -0.25) is 9.59 Å². The maximum Gasteiger partial charge on any atom is 0.240 e. The number of carbonyl (C=O) groups excluding carboxylic acids is 2. The molecule has 1 heterocycles. The predicted molar refractivity (Wildman–Crippen MR) is 58.2 cm³/mol. The van der Waals surface area contributed by atoms with Crippen LogP contribution in [0.4, 0.5) is 0 Å². The molecular formula is C10H19N3O3. The molecule has 3 unspecified atom stereocenters. The number of nitrogens with two attached hydrogens (primary N) is 2. The van der Waals surface area contributed by atoms with Gasteiger partial charge in [-0.05, 0) is 13.3 Å². The number of aliphatic hydroxyl groups is 1. The number of likely N-dealkylation sites (tertiary alicyclic amines) is 1. The summed E-state index contributed by atoms with van der Waals surface area (Å²) in [6.07, 6.45) is 0.214. The first-order valence-corrected chi connectivity index (χ1v) is 5.42. The highest BCUT2D eigenvalue weighted by molar-refractivity contribution is 5.87. The van der Waals surface area contributed by atoms with E-state index < -0.39 is 18.1 Å². The van der Waals surface area contributed by atoms with Gasteiger partial charge < -0.3 is 21.5 Å². The molecule has 0 aromatic rings. The van der Waals surface area contributed by atoms with Crippen molar-refractivity contribution in [1.82, 2.24) is 4.90 Å². The van der Waals surface area contributed by atoms with Crippen LogP contribution in [-0.2, 0) is 9.59 Å². The molecule has 0 bridgehead atoms. The van der Waals surface area contributed by atoms with E-state index in [9.17, 15) is 14.7 Å². The summed E-state index contributed by atoms with van der Waals surface area (Å²) < 4.78 is 0. The monoisotopic (exact) mass is 229 g/mol. The Labute approximate surface area is 94.6 Å². The highest BCUT2D eigenvalue weighted by Crippen LogP contribution is 2.20. The van der Waals surface area contributed by atoms with E-state index in [1.54, 1.807) is 11.8 Å². The number of carbonyl (C=O) groups is 2. The van der Waals surface area contributed by atoms with Gasteiger partial charge >= 0.3 is 0 Å². The fourth-order valence-electron chi connectivity index (χ4n) is 1.92. The zero-order valence-corrected chi connectivity index (χ0v) is 9.43. The van der Waals surface area contributed by atoms with E-state index >= 15 is 0 Å². The van der Waals surface area contributed by atoms with E-state index in [-0.39, 0.29) is 18.2 Å². The lowest BCUT2D eigenvalue weighted by molar-refractivity contribution is -0.133. The smallest absolute Gasteiger partial charge is 0.240 e. The van der Waals surface area contributed by atoms with Gasteiger partial charge in [-0.25, -0.2) is 0 Å². The second kappa shape index (κ2) is 5.27. The quantitative estimate of drug-likeness (QED) is 0.540. The lowest BCUT2D eigenvalue weighted by atomic mass is 10.0. The first-order chi connectivity index (χ1) is 7.41. The van der Waals surface area contributed by atoms with Gasteiger partial charge in [-0.2, -0.15) is 0 Å². The largest absolute Gasteiger partial charge is 0.393 e. The summed E-state index contributed by atoms with van der Waals surface area (Å²) in [5.74, 6) is -0.737. The zero-order valence-electron chi connectivity index (χ0n) is 9.43. The molecule has 0 aliphatic carbocycles. The van der Waals surface area contributed by atoms with Crippen molar-refractivity contribution in [3.63, 3.8) is 0 Å². The maximum absolute atomic E-state index is 11.8. The van der Waals surface area contributed by atoms with Crippen molar-refractivity contribution in [1.29, 1.82) is 0 Å². The number of aliphatic hydroxyl groups excluding tert-OH is 1. The van der Waals surface area contributed by atoms with Gasteiger partial charge in [0.2, 0.25) is 11.8 Å². The normalized spacial score (nSPS) is 24.2. The van der Waals surface area contributed by atoms with Crippen molar-refractivity contribution in [2.75, 3.05) is 13.1 Å². The van der Waals surface area contributed by atoms with Crippen LogP contribution in [-0.4, -0.2) is 47.1 Å². The Morgan fingerprint density at radius 1 is 1.56 bits per heavy atom. The third-order valence-electron chi connectivity index (χ3n) is 2.96. The maximum atomic E-state index is 11.8. The minimum Gasteiger partial charge on any atom is -0.393 e. The zero-order chi connectivity index (χ0) is 12.3. The molecule has 0 aromatic heterocycles. The molecule has 1 aliphatic rings. The third-order valence-corrected chi connectivity index (χ3v) is 2.96. The molecule has 0 saturated carbocycles. The topological polar surface area (TPSA) is 110 Å². The second-order valence-corrected chi connectivity index (χ2v) is 4.35. The Bertz CT molecular complexity index is 280. The van der Waals surface area contributed by atoms with Gasteiger partial charge in [0.05, 0.1) is 18.6 Å². The molecule has 1 rings (SSSR count). The highest BCUT2D eigenvalue weighted by atomic mass is 16.3. The van der Waals surface area contributed by atoms with Crippen molar-refractivity contribution < 1.29 is 14.7 Å². The van der Waals surface area contributed by atoms with E-state index in [1.165, 1.54) is 0 Å². The number of nitrogens with zero attached hydrogens (tertiary/aromatic N) is 1. The minimum atomic E-state index is -0.856. The number of hydrogen-bond acceptors (Lipinski definition) is 4. The summed E-state index contributed by atoms with van der Waals surface area (Å²) in [5.41, 5.74) is 10.5.